The molecule has 0 aromatic carbocycles. The first-order chi connectivity index (χ1) is 5.21. The smallest absolute Gasteiger partial charge is 0.0920 e. The molecule has 1 saturated heterocycles. The summed E-state index contributed by atoms with van der Waals surface area (Å²) in [6.07, 6.45) is 4.59. The second-order valence-corrected chi connectivity index (χ2v) is 3.80. The number of rotatable bonds is 0. The summed E-state index contributed by atoms with van der Waals surface area (Å²) in [5, 5.41) is 0. The predicted octanol–water partition coefficient (Wildman–Crippen LogP) is 1.54. The van der Waals surface area contributed by atoms with E-state index in [1.165, 1.54) is 26.3 Å². The van der Waals surface area contributed by atoms with Gasteiger partial charge in [-0.1, -0.05) is 6.92 Å². The highest BCUT2D eigenvalue weighted by Gasteiger charge is 2.54. The lowest BCUT2D eigenvalue weighted by Gasteiger charge is -2.17. The first-order valence-corrected chi connectivity index (χ1v) is 4.46. The van der Waals surface area contributed by atoms with Gasteiger partial charge in [-0.05, 0) is 39.2 Å². The van der Waals surface area contributed by atoms with Gasteiger partial charge >= 0.3 is 0 Å². The van der Waals surface area contributed by atoms with Crippen molar-refractivity contribution in [3.8, 4) is 0 Å². The summed E-state index contributed by atoms with van der Waals surface area (Å²) < 4.78 is 5.54. The Morgan fingerprint density at radius 1 is 1.45 bits per heavy atom. The minimum Gasteiger partial charge on any atom is -0.366 e. The van der Waals surface area contributed by atoms with Crippen LogP contribution in [0.5, 0.6) is 0 Å². The average Bonchev–Trinajstić information content (AvgIpc) is 2.65. The van der Waals surface area contributed by atoms with Gasteiger partial charge < -0.3 is 10.5 Å². The highest BCUT2D eigenvalue weighted by molar-refractivity contribution is 5.02. The third-order valence-electron chi connectivity index (χ3n) is 2.79. The van der Waals surface area contributed by atoms with Gasteiger partial charge in [-0.15, -0.1) is 0 Å². The van der Waals surface area contributed by atoms with Crippen molar-refractivity contribution in [2.75, 3.05) is 7.05 Å². The first kappa shape index (κ1) is 9.01. The third-order valence-corrected chi connectivity index (χ3v) is 2.79. The van der Waals surface area contributed by atoms with Crippen LogP contribution in [0.4, 0.5) is 0 Å². The lowest BCUT2D eigenvalue weighted by Crippen LogP contribution is -2.19. The molecule has 3 unspecified atom stereocenters. The molecule has 2 heteroatoms. The van der Waals surface area contributed by atoms with Crippen LogP contribution < -0.4 is 5.73 Å². The summed E-state index contributed by atoms with van der Waals surface area (Å²) in [6.45, 7) is 4.56. The molecule has 0 spiro atoms. The Bertz CT molecular complexity index is 138. The van der Waals surface area contributed by atoms with Gasteiger partial charge in [0.05, 0.1) is 11.7 Å². The summed E-state index contributed by atoms with van der Waals surface area (Å²) in [6, 6.07) is 0. The molecule has 2 N–H and O–H groups in total. The molecule has 2 fully saturated rings. The standard InChI is InChI=1S/C8H14O.CH5N/c1-6-3-4-8(2)7(5-6)9-8;1-2/h6-7H,3-5H2,1-2H3;2H2,1H3. The van der Waals surface area contributed by atoms with Crippen LogP contribution in [0.25, 0.3) is 0 Å². The summed E-state index contributed by atoms with van der Waals surface area (Å²) in [5.74, 6) is 0.908. The maximum Gasteiger partial charge on any atom is 0.0920 e. The third kappa shape index (κ3) is 1.74. The van der Waals surface area contributed by atoms with Crippen molar-refractivity contribution in [2.24, 2.45) is 11.7 Å². The van der Waals surface area contributed by atoms with E-state index in [0.717, 1.165) is 5.92 Å². The molecule has 2 nitrogen and oxygen atoms in total. The molecular formula is C9H19NO. The van der Waals surface area contributed by atoms with Gasteiger partial charge in [-0.2, -0.15) is 0 Å². The summed E-state index contributed by atoms with van der Waals surface area (Å²) in [7, 11) is 1.50. The number of ether oxygens (including phenoxy) is 1. The van der Waals surface area contributed by atoms with Crippen molar-refractivity contribution in [1.29, 1.82) is 0 Å². The van der Waals surface area contributed by atoms with E-state index in [4.69, 9.17) is 4.74 Å². The fourth-order valence-electron chi connectivity index (χ4n) is 1.82. The molecule has 3 atom stereocenters. The number of hydrogen-bond acceptors (Lipinski definition) is 2. The normalized spacial score (nSPS) is 46.9. The second kappa shape index (κ2) is 3.11. The zero-order valence-corrected chi connectivity index (χ0v) is 7.76. The topological polar surface area (TPSA) is 38.5 Å². The van der Waals surface area contributed by atoms with Gasteiger partial charge in [0.15, 0.2) is 0 Å². The fraction of sp³-hybridized carbons (Fsp3) is 1.00. The monoisotopic (exact) mass is 157 g/mol. The fourth-order valence-corrected chi connectivity index (χ4v) is 1.82. The Kier molecular flexibility index (Phi) is 2.55. The molecule has 2 aliphatic rings. The zero-order valence-electron chi connectivity index (χ0n) is 7.76. The molecule has 0 aromatic rings. The van der Waals surface area contributed by atoms with Crippen LogP contribution in [0.2, 0.25) is 0 Å². The van der Waals surface area contributed by atoms with E-state index in [2.05, 4.69) is 19.6 Å². The molecular weight excluding hydrogens is 138 g/mol. The van der Waals surface area contributed by atoms with Crippen molar-refractivity contribution in [3.05, 3.63) is 0 Å². The van der Waals surface area contributed by atoms with E-state index in [1.54, 1.807) is 0 Å². The van der Waals surface area contributed by atoms with E-state index < -0.39 is 0 Å². The van der Waals surface area contributed by atoms with Gasteiger partial charge in [0.25, 0.3) is 0 Å². The Balaban J connectivity index is 0.000000281. The van der Waals surface area contributed by atoms with Crippen LogP contribution in [0.3, 0.4) is 0 Å². The maximum absolute atomic E-state index is 5.54. The summed E-state index contributed by atoms with van der Waals surface area (Å²) in [4.78, 5) is 0. The van der Waals surface area contributed by atoms with Gasteiger partial charge in [-0.3, -0.25) is 0 Å². The van der Waals surface area contributed by atoms with Gasteiger partial charge in [-0.25, -0.2) is 0 Å². The SMILES string of the molecule is CC1CCC2(C)OC2C1.CN. The van der Waals surface area contributed by atoms with Crippen molar-refractivity contribution >= 4 is 0 Å². The van der Waals surface area contributed by atoms with Crippen LogP contribution in [0.15, 0.2) is 0 Å². The van der Waals surface area contributed by atoms with E-state index in [-0.39, 0.29) is 0 Å². The van der Waals surface area contributed by atoms with E-state index in [1.807, 2.05) is 0 Å². The van der Waals surface area contributed by atoms with Crippen molar-refractivity contribution < 1.29 is 4.74 Å². The van der Waals surface area contributed by atoms with Crippen molar-refractivity contribution in [1.82, 2.24) is 0 Å². The molecule has 0 amide bonds. The highest BCUT2D eigenvalue weighted by Crippen LogP contribution is 2.48. The number of epoxide rings is 1. The number of hydrogen-bond donors (Lipinski definition) is 1. The maximum atomic E-state index is 5.54. The Labute approximate surface area is 69.1 Å². The Hall–Kier alpha value is -0.0800. The Morgan fingerprint density at radius 2 is 2.09 bits per heavy atom. The molecule has 0 bridgehead atoms. The van der Waals surface area contributed by atoms with Crippen LogP contribution >= 0.6 is 0 Å². The van der Waals surface area contributed by atoms with Crippen LogP contribution in [0, 0.1) is 5.92 Å². The minimum atomic E-state index is 0.326. The minimum absolute atomic E-state index is 0.326. The lowest BCUT2D eigenvalue weighted by molar-refractivity contribution is 0.302. The van der Waals surface area contributed by atoms with E-state index >= 15 is 0 Å². The van der Waals surface area contributed by atoms with E-state index in [0.29, 0.717) is 11.7 Å². The molecule has 0 radical (unpaired) electrons. The largest absolute Gasteiger partial charge is 0.366 e. The van der Waals surface area contributed by atoms with Crippen LogP contribution in [0.1, 0.15) is 33.1 Å². The summed E-state index contributed by atoms with van der Waals surface area (Å²) >= 11 is 0. The molecule has 1 aliphatic heterocycles. The highest BCUT2D eigenvalue weighted by atomic mass is 16.6. The first-order valence-electron chi connectivity index (χ1n) is 4.46. The van der Waals surface area contributed by atoms with Gasteiger partial charge in [0, 0.05) is 0 Å². The van der Waals surface area contributed by atoms with Crippen LogP contribution in [-0.4, -0.2) is 18.8 Å². The number of fused-ring (bicyclic) bond motifs is 1. The number of nitrogens with two attached hydrogens (primary N) is 1. The van der Waals surface area contributed by atoms with Gasteiger partial charge in [0.1, 0.15) is 0 Å². The predicted molar refractivity (Wildman–Crippen MR) is 46.4 cm³/mol. The van der Waals surface area contributed by atoms with Crippen molar-refractivity contribution in [3.63, 3.8) is 0 Å². The van der Waals surface area contributed by atoms with Gasteiger partial charge in [0.2, 0.25) is 0 Å². The van der Waals surface area contributed by atoms with Crippen LogP contribution in [-0.2, 0) is 4.74 Å². The Morgan fingerprint density at radius 3 is 2.55 bits per heavy atom. The zero-order chi connectivity index (χ0) is 8.48. The average molecular weight is 157 g/mol. The molecule has 2 rings (SSSR count). The molecule has 11 heavy (non-hydrogen) atoms. The quantitative estimate of drug-likeness (QED) is 0.542. The molecule has 1 saturated carbocycles. The molecule has 66 valence electrons. The molecule has 0 aromatic heterocycles. The summed E-state index contributed by atoms with van der Waals surface area (Å²) in [5.41, 5.74) is 4.83. The second-order valence-electron chi connectivity index (χ2n) is 3.80. The van der Waals surface area contributed by atoms with E-state index in [9.17, 15) is 0 Å². The van der Waals surface area contributed by atoms with Crippen molar-refractivity contribution in [2.45, 2.75) is 44.8 Å². The lowest BCUT2D eigenvalue weighted by atomic mass is 9.84. The molecule has 1 heterocycles. The molecule has 1 aliphatic carbocycles.